The molecule has 0 amide bonds. The summed E-state index contributed by atoms with van der Waals surface area (Å²) in [6.45, 7) is -1.43. The van der Waals surface area contributed by atoms with E-state index in [1.54, 1.807) is 6.07 Å². The number of phenols is 1. The van der Waals surface area contributed by atoms with Gasteiger partial charge >= 0.3 is 0 Å². The summed E-state index contributed by atoms with van der Waals surface area (Å²) in [5.41, 5.74) is 4.83. The van der Waals surface area contributed by atoms with E-state index < -0.39 is 24.3 Å². The molecule has 0 saturated carbocycles. The third-order valence-electron chi connectivity index (χ3n) is 2.19. The summed E-state index contributed by atoms with van der Waals surface area (Å²) >= 11 is 0. The molecule has 86 valence electrons. The lowest BCUT2D eigenvalue weighted by Crippen LogP contribution is -2.36. The number of aromatic hydroxyl groups is 1. The minimum absolute atomic E-state index is 0.137. The molecule has 0 unspecified atom stereocenters. The Hall–Kier alpha value is -1.71. The van der Waals surface area contributed by atoms with Crippen molar-refractivity contribution in [3.8, 4) is 11.8 Å². The molecular weight excluding hydrogens is 218 g/mol. The van der Waals surface area contributed by atoms with Crippen molar-refractivity contribution in [1.82, 2.24) is 0 Å². The molecule has 0 saturated heterocycles. The minimum atomic E-state index is -3.55. The predicted molar refractivity (Wildman–Crippen MR) is 51.8 cm³/mol. The van der Waals surface area contributed by atoms with E-state index in [4.69, 9.17) is 16.1 Å². The highest BCUT2D eigenvalue weighted by Crippen LogP contribution is 2.35. The van der Waals surface area contributed by atoms with Crippen molar-refractivity contribution in [2.24, 2.45) is 5.73 Å². The average Bonchev–Trinajstić information content (AvgIpc) is 2.28. The second kappa shape index (κ2) is 4.43. The Morgan fingerprint density at radius 2 is 2.12 bits per heavy atom. The number of nitrogens with two attached hydrogens (primary N) is 1. The molecule has 0 aromatic heterocycles. The molecule has 6 heteroatoms. The number of hydrogen-bond acceptors (Lipinski definition) is 4. The molecule has 1 aromatic rings. The molecule has 0 aliphatic rings. The summed E-state index contributed by atoms with van der Waals surface area (Å²) in [5, 5.41) is 26.6. The van der Waals surface area contributed by atoms with Crippen molar-refractivity contribution in [1.29, 1.82) is 5.26 Å². The zero-order valence-electron chi connectivity index (χ0n) is 8.19. The quantitative estimate of drug-likeness (QED) is 0.716. The van der Waals surface area contributed by atoms with Crippen LogP contribution in [0, 0.1) is 11.3 Å². The van der Waals surface area contributed by atoms with Crippen LogP contribution in [0.4, 0.5) is 8.78 Å². The van der Waals surface area contributed by atoms with E-state index in [0.717, 1.165) is 0 Å². The monoisotopic (exact) mass is 228 g/mol. The molecule has 4 nitrogen and oxygen atoms in total. The first-order chi connectivity index (χ1) is 7.44. The first kappa shape index (κ1) is 12.4. The van der Waals surface area contributed by atoms with Crippen molar-refractivity contribution in [3.05, 3.63) is 29.3 Å². The molecule has 16 heavy (non-hydrogen) atoms. The zero-order valence-corrected chi connectivity index (χ0v) is 8.19. The summed E-state index contributed by atoms with van der Waals surface area (Å²) in [6, 6.07) is 3.59. The van der Waals surface area contributed by atoms with Crippen LogP contribution in [0.25, 0.3) is 0 Å². The van der Waals surface area contributed by atoms with E-state index in [1.165, 1.54) is 18.2 Å². The van der Waals surface area contributed by atoms with Gasteiger partial charge in [-0.1, -0.05) is 12.1 Å². The van der Waals surface area contributed by atoms with Crippen molar-refractivity contribution in [2.45, 2.75) is 12.0 Å². The van der Waals surface area contributed by atoms with E-state index in [9.17, 15) is 13.9 Å². The van der Waals surface area contributed by atoms with Crippen LogP contribution in [0.5, 0.6) is 5.75 Å². The molecule has 0 spiro atoms. The van der Waals surface area contributed by atoms with E-state index in [-0.39, 0.29) is 11.1 Å². The fourth-order valence-corrected chi connectivity index (χ4v) is 1.23. The number of nitriles is 1. The summed E-state index contributed by atoms with van der Waals surface area (Å²) < 4.78 is 26.2. The van der Waals surface area contributed by atoms with E-state index >= 15 is 0 Å². The fraction of sp³-hybridized carbons (Fsp3) is 0.300. The molecule has 4 N–H and O–H groups in total. The third kappa shape index (κ3) is 2.10. The van der Waals surface area contributed by atoms with Gasteiger partial charge in [0.25, 0.3) is 5.92 Å². The topological polar surface area (TPSA) is 90.3 Å². The highest BCUT2D eigenvalue weighted by Gasteiger charge is 2.38. The Kier molecular flexibility index (Phi) is 3.42. The standard InChI is InChI=1S/C10H10F2N2O2/c11-10(12,5-15)9(14)7-3-1-2-6(4-13)8(7)16/h1-3,9,15-16H,5,14H2/t9-/m0/s1. The molecule has 0 fully saturated rings. The Morgan fingerprint density at radius 1 is 1.50 bits per heavy atom. The predicted octanol–water partition coefficient (Wildman–Crippen LogP) is 0.891. The maximum atomic E-state index is 13.1. The Morgan fingerprint density at radius 3 is 2.62 bits per heavy atom. The van der Waals surface area contributed by atoms with E-state index in [2.05, 4.69) is 0 Å². The summed E-state index contributed by atoms with van der Waals surface area (Å²) in [7, 11) is 0. The number of nitrogens with zero attached hydrogens (tertiary/aromatic N) is 1. The number of phenolic OH excluding ortho intramolecular Hbond substituents is 1. The van der Waals surface area contributed by atoms with Gasteiger partial charge in [0.05, 0.1) is 5.56 Å². The molecule has 0 radical (unpaired) electrons. The van der Waals surface area contributed by atoms with Crippen LogP contribution < -0.4 is 5.73 Å². The highest BCUT2D eigenvalue weighted by atomic mass is 19.3. The van der Waals surface area contributed by atoms with Crippen LogP contribution in [-0.2, 0) is 0 Å². The lowest BCUT2D eigenvalue weighted by atomic mass is 9.98. The van der Waals surface area contributed by atoms with Gasteiger partial charge < -0.3 is 15.9 Å². The van der Waals surface area contributed by atoms with Gasteiger partial charge in [-0.15, -0.1) is 0 Å². The van der Waals surface area contributed by atoms with Crippen molar-refractivity contribution in [2.75, 3.05) is 6.61 Å². The Labute approximate surface area is 90.5 Å². The maximum absolute atomic E-state index is 13.1. The Balaban J connectivity index is 3.20. The zero-order chi connectivity index (χ0) is 12.3. The lowest BCUT2D eigenvalue weighted by molar-refractivity contribution is -0.0715. The lowest BCUT2D eigenvalue weighted by Gasteiger charge is -2.22. The summed E-state index contributed by atoms with van der Waals surface area (Å²) in [6.07, 6.45) is 0. The summed E-state index contributed by atoms with van der Waals surface area (Å²) in [4.78, 5) is 0. The highest BCUT2D eigenvalue weighted by molar-refractivity contribution is 5.49. The van der Waals surface area contributed by atoms with Crippen molar-refractivity contribution < 1.29 is 19.0 Å². The normalized spacial score (nSPS) is 13.2. The third-order valence-corrected chi connectivity index (χ3v) is 2.19. The molecule has 0 bridgehead atoms. The number of alkyl halides is 2. The minimum Gasteiger partial charge on any atom is -0.506 e. The van der Waals surface area contributed by atoms with Crippen LogP contribution in [-0.4, -0.2) is 22.7 Å². The van der Waals surface area contributed by atoms with Gasteiger partial charge in [0, 0.05) is 5.56 Å². The second-order valence-electron chi connectivity index (χ2n) is 3.25. The van der Waals surface area contributed by atoms with Gasteiger partial charge in [0.1, 0.15) is 24.5 Å². The van der Waals surface area contributed by atoms with Crippen molar-refractivity contribution >= 4 is 0 Å². The number of aliphatic hydroxyl groups excluding tert-OH is 1. The maximum Gasteiger partial charge on any atom is 0.289 e. The molecule has 1 aromatic carbocycles. The van der Waals surface area contributed by atoms with Crippen molar-refractivity contribution in [3.63, 3.8) is 0 Å². The van der Waals surface area contributed by atoms with Crippen LogP contribution in [0.15, 0.2) is 18.2 Å². The number of halogens is 2. The first-order valence-electron chi connectivity index (χ1n) is 4.40. The summed E-state index contributed by atoms with van der Waals surface area (Å²) in [5.74, 6) is -4.13. The number of rotatable bonds is 3. The molecule has 0 heterocycles. The number of hydrogen-bond donors (Lipinski definition) is 3. The number of para-hydroxylation sites is 1. The molecular formula is C10H10F2N2O2. The van der Waals surface area contributed by atoms with E-state index in [1.807, 2.05) is 0 Å². The van der Waals surface area contributed by atoms with Gasteiger partial charge in [-0.3, -0.25) is 0 Å². The molecule has 1 rings (SSSR count). The van der Waals surface area contributed by atoms with Gasteiger partial charge in [0.15, 0.2) is 0 Å². The van der Waals surface area contributed by atoms with Crippen LogP contribution in [0.3, 0.4) is 0 Å². The Bertz CT molecular complexity index is 429. The molecule has 1 atom stereocenters. The molecule has 0 aliphatic heterocycles. The fourth-order valence-electron chi connectivity index (χ4n) is 1.23. The average molecular weight is 228 g/mol. The van der Waals surface area contributed by atoms with Crippen LogP contribution in [0.2, 0.25) is 0 Å². The SMILES string of the molecule is N#Cc1cccc([C@H](N)C(F)(F)CO)c1O. The van der Waals surface area contributed by atoms with E-state index in [0.29, 0.717) is 0 Å². The van der Waals surface area contributed by atoms with Gasteiger partial charge in [-0.2, -0.15) is 5.26 Å². The smallest absolute Gasteiger partial charge is 0.289 e. The number of aliphatic hydroxyl groups is 1. The van der Waals surface area contributed by atoms with Gasteiger partial charge in [0.2, 0.25) is 0 Å². The second-order valence-corrected chi connectivity index (χ2v) is 3.25. The first-order valence-corrected chi connectivity index (χ1v) is 4.40. The van der Waals surface area contributed by atoms with Crippen LogP contribution in [0.1, 0.15) is 17.2 Å². The van der Waals surface area contributed by atoms with Crippen LogP contribution >= 0.6 is 0 Å². The molecule has 0 aliphatic carbocycles. The van der Waals surface area contributed by atoms with Gasteiger partial charge in [-0.05, 0) is 6.07 Å². The van der Waals surface area contributed by atoms with Gasteiger partial charge in [-0.25, -0.2) is 8.78 Å². The largest absolute Gasteiger partial charge is 0.506 e. The number of benzene rings is 1.